The number of nitrogens with two attached hydrogens (primary N) is 2. The van der Waals surface area contributed by atoms with Gasteiger partial charge in [0.2, 0.25) is 11.9 Å². The number of carbonyl (C=O) groups is 1. The fraction of sp³-hybridized carbons (Fsp3) is 0.250. The molecule has 0 saturated heterocycles. The molecule has 1 aromatic carbocycles. The molecule has 7 nitrogen and oxygen atoms in total. The lowest BCUT2D eigenvalue weighted by molar-refractivity contribution is 0.0752. The number of aliphatic imine (C=N–C) groups is 2. The monoisotopic (exact) mass is 314 g/mol. The lowest BCUT2D eigenvalue weighted by Crippen LogP contribution is -2.61. The third-order valence-electron chi connectivity index (χ3n) is 2.71. The Morgan fingerprint density at radius 3 is 2.38 bits per heavy atom. The van der Waals surface area contributed by atoms with Crippen LogP contribution in [0.4, 0.5) is 4.39 Å². The molecule has 0 aromatic heterocycles. The summed E-state index contributed by atoms with van der Waals surface area (Å²) in [5, 5.41) is 1.30. The van der Waals surface area contributed by atoms with Crippen molar-refractivity contribution in [3.8, 4) is 0 Å². The van der Waals surface area contributed by atoms with E-state index < -0.39 is 17.4 Å². The van der Waals surface area contributed by atoms with Crippen LogP contribution in [0.25, 0.3) is 0 Å². The first-order valence-electron chi connectivity index (χ1n) is 5.86. The Labute approximate surface area is 127 Å². The van der Waals surface area contributed by atoms with E-state index in [-0.39, 0.29) is 29.9 Å². The van der Waals surface area contributed by atoms with Crippen LogP contribution in [0.3, 0.4) is 0 Å². The lowest BCUT2D eigenvalue weighted by atomic mass is 10.2. The normalized spacial score (nSPS) is 16.4. The van der Waals surface area contributed by atoms with E-state index in [9.17, 15) is 9.18 Å². The van der Waals surface area contributed by atoms with Gasteiger partial charge in [0, 0.05) is 5.56 Å². The number of guanidine groups is 2. The number of amides is 1. The first-order valence-corrected chi connectivity index (χ1v) is 5.86. The van der Waals surface area contributed by atoms with Crippen molar-refractivity contribution in [3.63, 3.8) is 0 Å². The average Bonchev–Trinajstić information content (AvgIpc) is 2.33. The quantitative estimate of drug-likeness (QED) is 0.741. The van der Waals surface area contributed by atoms with Crippen LogP contribution in [-0.4, -0.2) is 28.5 Å². The molecule has 1 amide bonds. The molecule has 1 aliphatic heterocycles. The van der Waals surface area contributed by atoms with Gasteiger partial charge in [-0.1, -0.05) is 0 Å². The zero-order valence-corrected chi connectivity index (χ0v) is 12.3. The van der Waals surface area contributed by atoms with E-state index in [1.165, 1.54) is 29.3 Å². The average molecular weight is 315 g/mol. The molecule has 0 radical (unpaired) electrons. The second-order valence-electron chi connectivity index (χ2n) is 4.72. The zero-order chi connectivity index (χ0) is 14.9. The van der Waals surface area contributed by atoms with E-state index in [1.807, 2.05) is 0 Å². The number of hydrogen-bond donors (Lipinski definition) is 3. The summed E-state index contributed by atoms with van der Waals surface area (Å²) in [5.74, 6) is -0.803. The van der Waals surface area contributed by atoms with Crippen LogP contribution in [-0.2, 0) is 0 Å². The highest BCUT2D eigenvalue weighted by molar-refractivity contribution is 5.99. The number of nitrogens with zero attached hydrogens (tertiary/aromatic N) is 3. The van der Waals surface area contributed by atoms with Crippen LogP contribution in [0.1, 0.15) is 24.2 Å². The minimum atomic E-state index is -0.869. The third-order valence-corrected chi connectivity index (χ3v) is 2.71. The number of rotatable bonds is 2. The van der Waals surface area contributed by atoms with Crippen LogP contribution in [0.5, 0.6) is 0 Å². The Morgan fingerprint density at radius 1 is 1.29 bits per heavy atom. The molecular weight excluding hydrogens is 299 g/mol. The van der Waals surface area contributed by atoms with Crippen molar-refractivity contribution >= 4 is 30.2 Å². The molecule has 1 aromatic rings. The van der Waals surface area contributed by atoms with E-state index in [0.717, 1.165) is 0 Å². The molecule has 114 valence electrons. The Hall–Kier alpha value is -2.35. The van der Waals surface area contributed by atoms with Crippen molar-refractivity contribution < 1.29 is 9.18 Å². The van der Waals surface area contributed by atoms with Crippen LogP contribution in [0, 0.1) is 5.82 Å². The maximum absolute atomic E-state index is 12.8. The van der Waals surface area contributed by atoms with Gasteiger partial charge in [0.1, 0.15) is 5.82 Å². The highest BCUT2D eigenvalue weighted by Gasteiger charge is 2.33. The van der Waals surface area contributed by atoms with Crippen molar-refractivity contribution in [1.82, 2.24) is 10.4 Å². The molecule has 2 rings (SSSR count). The van der Waals surface area contributed by atoms with Crippen molar-refractivity contribution in [1.29, 1.82) is 0 Å². The van der Waals surface area contributed by atoms with Gasteiger partial charge in [-0.3, -0.25) is 10.2 Å². The smallest absolute Gasteiger partial charge is 0.269 e. The molecule has 5 N–H and O–H groups in total. The summed E-state index contributed by atoms with van der Waals surface area (Å²) in [6.45, 7) is 3.43. The van der Waals surface area contributed by atoms with Crippen LogP contribution < -0.4 is 16.9 Å². The van der Waals surface area contributed by atoms with Gasteiger partial charge in [0.05, 0.1) is 0 Å². The first-order chi connectivity index (χ1) is 9.29. The molecule has 0 saturated carbocycles. The van der Waals surface area contributed by atoms with Gasteiger partial charge < -0.3 is 11.5 Å². The maximum atomic E-state index is 12.8. The number of nitrogens with one attached hydrogen (secondary N) is 1. The minimum Gasteiger partial charge on any atom is -0.368 e. The second-order valence-corrected chi connectivity index (χ2v) is 4.72. The summed E-state index contributed by atoms with van der Waals surface area (Å²) in [7, 11) is 0. The zero-order valence-electron chi connectivity index (χ0n) is 11.5. The van der Waals surface area contributed by atoms with E-state index >= 15 is 0 Å². The standard InChI is InChI=1S/C12H15FN6O.ClH/c1-12(2)17-10(14)16-11(15)19(12)18-9(20)7-3-5-8(13)6-4-7;/h3-6H,1-2H3,(H,18,20)(H4,14,15,16,17);1H. The molecule has 9 heteroatoms. The number of halogens is 2. The highest BCUT2D eigenvalue weighted by atomic mass is 35.5. The third kappa shape index (κ3) is 3.60. The van der Waals surface area contributed by atoms with Gasteiger partial charge in [-0.2, -0.15) is 4.99 Å². The van der Waals surface area contributed by atoms with E-state index in [2.05, 4.69) is 15.4 Å². The SMILES string of the molecule is CC1(C)N=C(N)N=C(N)N1NC(=O)c1ccc(F)cc1.Cl. The molecular formula is C12H16ClFN6O. The predicted molar refractivity (Wildman–Crippen MR) is 80.3 cm³/mol. The number of hydrazine groups is 1. The molecule has 0 fully saturated rings. The fourth-order valence-corrected chi connectivity index (χ4v) is 1.76. The van der Waals surface area contributed by atoms with Crippen molar-refractivity contribution in [2.24, 2.45) is 21.5 Å². The minimum absolute atomic E-state index is 0. The summed E-state index contributed by atoms with van der Waals surface area (Å²) in [6.07, 6.45) is 0. The molecule has 0 atom stereocenters. The molecule has 0 spiro atoms. The largest absolute Gasteiger partial charge is 0.368 e. The molecule has 1 aliphatic rings. The van der Waals surface area contributed by atoms with E-state index in [4.69, 9.17) is 11.5 Å². The summed E-state index contributed by atoms with van der Waals surface area (Å²) < 4.78 is 12.8. The number of benzene rings is 1. The molecule has 0 unspecified atom stereocenters. The number of carbonyl (C=O) groups excluding carboxylic acids is 1. The van der Waals surface area contributed by atoms with E-state index in [1.54, 1.807) is 13.8 Å². The summed E-state index contributed by atoms with van der Waals surface area (Å²) >= 11 is 0. The van der Waals surface area contributed by atoms with Crippen LogP contribution in [0.15, 0.2) is 34.3 Å². The van der Waals surface area contributed by atoms with Gasteiger partial charge in [-0.15, -0.1) is 12.4 Å². The van der Waals surface area contributed by atoms with Crippen molar-refractivity contribution in [2.45, 2.75) is 19.5 Å². The van der Waals surface area contributed by atoms with Gasteiger partial charge >= 0.3 is 0 Å². The number of hydrogen-bond acceptors (Lipinski definition) is 6. The Morgan fingerprint density at radius 2 is 1.86 bits per heavy atom. The fourth-order valence-electron chi connectivity index (χ4n) is 1.76. The predicted octanol–water partition coefficient (Wildman–Crippen LogP) is 0.573. The van der Waals surface area contributed by atoms with Gasteiger partial charge in [0.25, 0.3) is 5.91 Å². The van der Waals surface area contributed by atoms with Crippen molar-refractivity contribution in [2.75, 3.05) is 0 Å². The molecule has 21 heavy (non-hydrogen) atoms. The van der Waals surface area contributed by atoms with E-state index in [0.29, 0.717) is 0 Å². The first kappa shape index (κ1) is 16.7. The Balaban J connectivity index is 0.00000220. The highest BCUT2D eigenvalue weighted by Crippen LogP contribution is 2.17. The van der Waals surface area contributed by atoms with Crippen LogP contribution >= 0.6 is 12.4 Å². The maximum Gasteiger partial charge on any atom is 0.269 e. The molecule has 0 aliphatic carbocycles. The molecule has 1 heterocycles. The second kappa shape index (κ2) is 5.96. The summed E-state index contributed by atoms with van der Waals surface area (Å²) in [5.41, 5.74) is 13.2. The van der Waals surface area contributed by atoms with Crippen molar-refractivity contribution in [3.05, 3.63) is 35.6 Å². The Bertz CT molecular complexity index is 598. The van der Waals surface area contributed by atoms with Gasteiger partial charge in [-0.05, 0) is 38.1 Å². The van der Waals surface area contributed by atoms with Gasteiger partial charge in [0.15, 0.2) is 5.66 Å². The van der Waals surface area contributed by atoms with Gasteiger partial charge in [-0.25, -0.2) is 14.4 Å². The lowest BCUT2D eigenvalue weighted by Gasteiger charge is -2.37. The topological polar surface area (TPSA) is 109 Å². The van der Waals surface area contributed by atoms with Crippen LogP contribution in [0.2, 0.25) is 0 Å². The Kier molecular flexibility index (Phi) is 4.74. The molecule has 0 bridgehead atoms. The summed E-state index contributed by atoms with van der Waals surface area (Å²) in [6, 6.07) is 5.13. The summed E-state index contributed by atoms with van der Waals surface area (Å²) in [4.78, 5) is 20.0.